The summed E-state index contributed by atoms with van der Waals surface area (Å²) in [5.41, 5.74) is 1.32. The lowest BCUT2D eigenvalue weighted by molar-refractivity contribution is 0.229. The molecule has 0 aromatic carbocycles. The van der Waals surface area contributed by atoms with Gasteiger partial charge in [-0.25, -0.2) is 13.9 Å². The van der Waals surface area contributed by atoms with E-state index in [1.54, 1.807) is 31.7 Å². The van der Waals surface area contributed by atoms with Gasteiger partial charge in [-0.05, 0) is 47.1 Å². The van der Waals surface area contributed by atoms with Gasteiger partial charge in [-0.1, -0.05) is 6.07 Å². The first-order valence-electron chi connectivity index (χ1n) is 8.42. The molecule has 0 saturated heterocycles. The summed E-state index contributed by atoms with van der Waals surface area (Å²) in [5.74, 6) is 0.857. The molecule has 1 aliphatic rings. The Labute approximate surface area is 157 Å². The molecule has 0 saturated carbocycles. The molecule has 6 nitrogen and oxygen atoms in total. The third-order valence-corrected chi connectivity index (χ3v) is 8.24. The van der Waals surface area contributed by atoms with Gasteiger partial charge < -0.3 is 9.05 Å². The molecule has 0 bridgehead atoms. The van der Waals surface area contributed by atoms with Gasteiger partial charge in [0.15, 0.2) is 5.44 Å². The van der Waals surface area contributed by atoms with Gasteiger partial charge in [0.1, 0.15) is 5.03 Å². The van der Waals surface area contributed by atoms with E-state index in [1.807, 2.05) is 26.8 Å². The summed E-state index contributed by atoms with van der Waals surface area (Å²) in [6.07, 6.45) is 0.870. The van der Waals surface area contributed by atoms with Crippen LogP contribution in [0.2, 0.25) is 0 Å². The Morgan fingerprint density at radius 3 is 2.52 bits per heavy atom. The van der Waals surface area contributed by atoms with Crippen molar-refractivity contribution in [3.05, 3.63) is 17.7 Å². The van der Waals surface area contributed by atoms with Gasteiger partial charge in [-0.3, -0.25) is 4.57 Å². The van der Waals surface area contributed by atoms with Crippen LogP contribution >= 0.6 is 19.4 Å². The maximum atomic E-state index is 12.9. The Bertz CT molecular complexity index is 669. The molecule has 1 aromatic rings. The highest BCUT2D eigenvalue weighted by molar-refractivity contribution is 7.99. The number of nitrogens with one attached hydrogen (secondary N) is 1. The third kappa shape index (κ3) is 5.15. The quantitative estimate of drug-likeness (QED) is 0.698. The summed E-state index contributed by atoms with van der Waals surface area (Å²) in [6, 6.07) is 3.56. The van der Waals surface area contributed by atoms with E-state index in [-0.39, 0.29) is 24.0 Å². The van der Waals surface area contributed by atoms with Crippen LogP contribution in [-0.2, 0) is 24.6 Å². The molecule has 25 heavy (non-hydrogen) atoms. The van der Waals surface area contributed by atoms with E-state index in [4.69, 9.17) is 9.05 Å². The van der Waals surface area contributed by atoms with E-state index in [1.165, 1.54) is 0 Å². The number of rotatable bonds is 7. The molecule has 1 aromatic heterocycles. The summed E-state index contributed by atoms with van der Waals surface area (Å²) in [7, 11) is -4.56. The Morgan fingerprint density at radius 2 is 1.96 bits per heavy atom. The van der Waals surface area contributed by atoms with Crippen LogP contribution in [0, 0.1) is 0 Å². The molecule has 1 aliphatic heterocycles. The topological polar surface area (TPSA) is 77.5 Å². The average molecular weight is 407 g/mol. The molecular formula is C16H27N2O4PS2. The lowest BCUT2D eigenvalue weighted by Gasteiger charge is -2.28. The molecule has 2 unspecified atom stereocenters. The van der Waals surface area contributed by atoms with Gasteiger partial charge in [0.05, 0.1) is 28.9 Å². The van der Waals surface area contributed by atoms with Crippen LogP contribution in [0.1, 0.15) is 52.6 Å². The van der Waals surface area contributed by atoms with Crippen LogP contribution < -0.4 is 10.2 Å². The van der Waals surface area contributed by atoms with Crippen LogP contribution in [0.3, 0.4) is 0 Å². The molecule has 0 amide bonds. The molecule has 9 heteroatoms. The van der Waals surface area contributed by atoms with Crippen LogP contribution in [-0.4, -0.2) is 32.9 Å². The van der Waals surface area contributed by atoms with Crippen molar-refractivity contribution in [2.45, 2.75) is 56.9 Å². The highest BCUT2D eigenvalue weighted by atomic mass is 32.2. The van der Waals surface area contributed by atoms with Crippen LogP contribution in [0.15, 0.2) is 17.2 Å². The van der Waals surface area contributed by atoms with E-state index >= 15 is 0 Å². The van der Waals surface area contributed by atoms with Crippen molar-refractivity contribution in [2.24, 2.45) is 0 Å². The van der Waals surface area contributed by atoms with E-state index in [2.05, 4.69) is 9.71 Å². The minimum atomic E-state index is -3.40. The zero-order chi connectivity index (χ0) is 18.7. The maximum absolute atomic E-state index is 12.9. The summed E-state index contributed by atoms with van der Waals surface area (Å²) in [6.45, 7) is 9.96. The lowest BCUT2D eigenvalue weighted by Crippen LogP contribution is -2.37. The van der Waals surface area contributed by atoms with E-state index < -0.39 is 18.6 Å². The molecule has 0 radical (unpaired) electrons. The van der Waals surface area contributed by atoms with Gasteiger partial charge in [0, 0.05) is 17.4 Å². The highest BCUT2D eigenvalue weighted by Crippen LogP contribution is 2.47. The monoisotopic (exact) mass is 406 g/mol. The van der Waals surface area contributed by atoms with E-state index in [0.29, 0.717) is 5.44 Å². The predicted molar refractivity (Wildman–Crippen MR) is 104 cm³/mol. The van der Waals surface area contributed by atoms with Crippen molar-refractivity contribution in [3.8, 4) is 0 Å². The largest absolute Gasteiger partial charge is 0.379 e. The van der Waals surface area contributed by atoms with Crippen LogP contribution in [0.5, 0.6) is 0 Å². The summed E-state index contributed by atoms with van der Waals surface area (Å²) in [4.78, 5) is 4.55. The Hall–Kier alpha value is -0.240. The van der Waals surface area contributed by atoms with Crippen LogP contribution in [0.4, 0.5) is 0 Å². The van der Waals surface area contributed by atoms with Gasteiger partial charge in [-0.2, -0.15) is 0 Å². The first kappa shape index (κ1) is 21.1. The molecule has 2 rings (SSSR count). The standard InChI is InChI=1S/C16H27N2O4PS2/c1-6-21-23(19,22-7-2)14-9-8-12-13(10-11-24-15(12)17-14)18-25(20)16(3,4)5/h8-9,13,18H,6-7,10-11H2,1-5H3. The van der Waals surface area contributed by atoms with E-state index in [9.17, 15) is 8.77 Å². The third-order valence-electron chi connectivity index (χ3n) is 3.58. The van der Waals surface area contributed by atoms with Gasteiger partial charge >= 0.3 is 7.60 Å². The molecule has 1 N–H and O–H groups in total. The lowest BCUT2D eigenvalue weighted by atomic mass is 10.1. The van der Waals surface area contributed by atoms with E-state index in [0.717, 1.165) is 22.8 Å². The number of hydrogen-bond donors (Lipinski definition) is 1. The molecule has 0 spiro atoms. The minimum Gasteiger partial charge on any atom is -0.304 e. The van der Waals surface area contributed by atoms with Gasteiger partial charge in [-0.15, -0.1) is 11.8 Å². The molecular weight excluding hydrogens is 379 g/mol. The fourth-order valence-corrected chi connectivity index (χ4v) is 5.85. The average Bonchev–Trinajstić information content (AvgIpc) is 2.54. The van der Waals surface area contributed by atoms with Crippen molar-refractivity contribution in [1.29, 1.82) is 0 Å². The van der Waals surface area contributed by atoms with Crippen LogP contribution in [0.25, 0.3) is 0 Å². The fourth-order valence-electron chi connectivity index (χ4n) is 2.34. The number of pyridine rings is 1. The Balaban J connectivity index is 2.30. The number of nitrogens with zero attached hydrogens (tertiary/aromatic N) is 1. The first-order valence-corrected chi connectivity index (χ1v) is 12.1. The zero-order valence-corrected chi connectivity index (χ0v) is 17.9. The van der Waals surface area contributed by atoms with Crippen molar-refractivity contribution in [2.75, 3.05) is 19.0 Å². The van der Waals surface area contributed by atoms with Gasteiger partial charge in [0.25, 0.3) is 0 Å². The van der Waals surface area contributed by atoms with Gasteiger partial charge in [0.2, 0.25) is 0 Å². The van der Waals surface area contributed by atoms with Crippen molar-refractivity contribution in [1.82, 2.24) is 9.71 Å². The minimum absolute atomic E-state index is 0.0311. The Kier molecular flexibility index (Phi) is 7.27. The second-order valence-corrected chi connectivity index (χ2v) is 11.6. The molecule has 142 valence electrons. The smallest absolute Gasteiger partial charge is 0.304 e. The number of thioether (sulfide) groups is 1. The molecule has 2 heterocycles. The predicted octanol–water partition coefficient (Wildman–Crippen LogP) is 3.56. The SMILES string of the molecule is CCOP(=O)(OCC)c1ccc2c(n1)SCCC2NS(=O)C(C)(C)C. The molecule has 2 atom stereocenters. The number of aromatic nitrogens is 1. The highest BCUT2D eigenvalue weighted by Gasteiger charge is 2.32. The van der Waals surface area contributed by atoms with Crippen molar-refractivity contribution < 1.29 is 17.8 Å². The second kappa shape index (κ2) is 8.63. The summed E-state index contributed by atoms with van der Waals surface area (Å²) < 4.78 is 39.0. The van der Waals surface area contributed by atoms with Crippen molar-refractivity contribution >= 4 is 35.8 Å². The zero-order valence-electron chi connectivity index (χ0n) is 15.4. The summed E-state index contributed by atoms with van der Waals surface area (Å²) in [5, 5.41) is 0.798. The number of hydrogen-bond acceptors (Lipinski definition) is 6. The van der Waals surface area contributed by atoms with Crippen molar-refractivity contribution in [3.63, 3.8) is 0 Å². The molecule has 0 fully saturated rings. The normalized spacial score (nSPS) is 19.5. The Morgan fingerprint density at radius 1 is 1.32 bits per heavy atom. The first-order chi connectivity index (χ1) is 11.7. The number of fused-ring (bicyclic) bond motifs is 1. The maximum Gasteiger partial charge on any atom is 0.379 e. The second-order valence-electron chi connectivity index (χ2n) is 6.59. The fraction of sp³-hybridized carbons (Fsp3) is 0.688. The summed E-state index contributed by atoms with van der Waals surface area (Å²) >= 11 is 1.61. The molecule has 0 aliphatic carbocycles.